The average molecular weight is 256 g/mol. The van der Waals surface area contributed by atoms with Crippen molar-refractivity contribution in [2.24, 2.45) is 0 Å². The maximum Gasteiger partial charge on any atom is 0.244 e. The fraction of sp³-hybridized carbons (Fsp3) is 0.500. The van der Waals surface area contributed by atoms with Crippen molar-refractivity contribution in [3.8, 4) is 0 Å². The SMILES string of the molecule is CN1CCN(S(=O)(=O)c2cncc(N)c2)CC1. The van der Waals surface area contributed by atoms with E-state index in [1.807, 2.05) is 7.05 Å². The lowest BCUT2D eigenvalue weighted by molar-refractivity contribution is 0.222. The lowest BCUT2D eigenvalue weighted by Gasteiger charge is -2.31. The molecule has 1 saturated heterocycles. The molecule has 0 aliphatic carbocycles. The fourth-order valence-corrected chi connectivity index (χ4v) is 3.18. The zero-order chi connectivity index (χ0) is 12.5. The number of likely N-dealkylation sites (N-methyl/N-ethyl adjacent to an activating group) is 1. The van der Waals surface area contributed by atoms with Crippen molar-refractivity contribution in [1.29, 1.82) is 0 Å². The molecule has 2 heterocycles. The van der Waals surface area contributed by atoms with Gasteiger partial charge in [0.05, 0.1) is 5.69 Å². The maximum absolute atomic E-state index is 12.3. The monoisotopic (exact) mass is 256 g/mol. The summed E-state index contributed by atoms with van der Waals surface area (Å²) in [6, 6.07) is 1.45. The zero-order valence-electron chi connectivity index (χ0n) is 9.70. The lowest BCUT2D eigenvalue weighted by Crippen LogP contribution is -2.47. The molecule has 17 heavy (non-hydrogen) atoms. The number of anilines is 1. The molecule has 0 saturated carbocycles. The number of pyridine rings is 1. The van der Waals surface area contributed by atoms with Crippen LogP contribution in [0.1, 0.15) is 0 Å². The number of sulfonamides is 1. The third kappa shape index (κ3) is 2.56. The second-order valence-corrected chi connectivity index (χ2v) is 6.10. The minimum Gasteiger partial charge on any atom is -0.397 e. The van der Waals surface area contributed by atoms with E-state index in [2.05, 4.69) is 9.88 Å². The predicted octanol–water partition coefficient (Wildman–Crippen LogP) is -0.400. The van der Waals surface area contributed by atoms with Crippen LogP contribution in [0, 0.1) is 0 Å². The molecule has 7 heteroatoms. The van der Waals surface area contributed by atoms with Crippen molar-refractivity contribution >= 4 is 15.7 Å². The molecule has 0 unspecified atom stereocenters. The van der Waals surface area contributed by atoms with Gasteiger partial charge in [-0.15, -0.1) is 0 Å². The molecule has 94 valence electrons. The number of hydrogen-bond donors (Lipinski definition) is 1. The van der Waals surface area contributed by atoms with Gasteiger partial charge in [-0.2, -0.15) is 4.31 Å². The molecule has 1 fully saturated rings. The smallest absolute Gasteiger partial charge is 0.244 e. The minimum atomic E-state index is -3.44. The zero-order valence-corrected chi connectivity index (χ0v) is 10.5. The molecule has 0 aromatic carbocycles. The largest absolute Gasteiger partial charge is 0.397 e. The van der Waals surface area contributed by atoms with Crippen molar-refractivity contribution in [1.82, 2.24) is 14.2 Å². The molecule has 2 N–H and O–H groups in total. The summed E-state index contributed by atoms with van der Waals surface area (Å²) >= 11 is 0. The van der Waals surface area contributed by atoms with Crippen molar-refractivity contribution in [2.75, 3.05) is 39.0 Å². The number of hydrogen-bond acceptors (Lipinski definition) is 5. The van der Waals surface area contributed by atoms with Crippen molar-refractivity contribution < 1.29 is 8.42 Å². The van der Waals surface area contributed by atoms with Crippen LogP contribution in [0.4, 0.5) is 5.69 Å². The van der Waals surface area contributed by atoms with Gasteiger partial charge in [0.1, 0.15) is 4.90 Å². The highest BCUT2D eigenvalue weighted by atomic mass is 32.2. The highest BCUT2D eigenvalue weighted by molar-refractivity contribution is 7.89. The highest BCUT2D eigenvalue weighted by Crippen LogP contribution is 2.17. The second-order valence-electron chi connectivity index (χ2n) is 4.16. The van der Waals surface area contributed by atoms with Crippen molar-refractivity contribution in [2.45, 2.75) is 4.90 Å². The third-order valence-electron chi connectivity index (χ3n) is 2.83. The van der Waals surface area contributed by atoms with Crippen LogP contribution < -0.4 is 5.73 Å². The van der Waals surface area contributed by atoms with E-state index in [0.717, 1.165) is 13.1 Å². The summed E-state index contributed by atoms with van der Waals surface area (Å²) in [7, 11) is -1.47. The Balaban J connectivity index is 2.25. The van der Waals surface area contributed by atoms with E-state index in [1.165, 1.54) is 22.8 Å². The Labute approximate surface area is 101 Å². The number of rotatable bonds is 2. The Hall–Kier alpha value is -1.18. The van der Waals surface area contributed by atoms with E-state index in [4.69, 9.17) is 5.73 Å². The summed E-state index contributed by atoms with van der Waals surface area (Å²) < 4.78 is 26.0. The highest BCUT2D eigenvalue weighted by Gasteiger charge is 2.27. The van der Waals surface area contributed by atoms with Gasteiger partial charge >= 0.3 is 0 Å². The molecule has 2 rings (SSSR count). The first kappa shape index (κ1) is 12.3. The van der Waals surface area contributed by atoms with Crippen LogP contribution in [0.2, 0.25) is 0 Å². The van der Waals surface area contributed by atoms with Crippen molar-refractivity contribution in [3.05, 3.63) is 18.5 Å². The van der Waals surface area contributed by atoms with Gasteiger partial charge in [-0.3, -0.25) is 4.98 Å². The summed E-state index contributed by atoms with van der Waals surface area (Å²) in [4.78, 5) is 6.09. The van der Waals surface area contributed by atoms with E-state index >= 15 is 0 Å². The van der Waals surface area contributed by atoms with Crippen LogP contribution in [0.25, 0.3) is 0 Å². The molecule has 1 aromatic heterocycles. The normalized spacial score (nSPS) is 19.4. The quantitative estimate of drug-likeness (QED) is 0.779. The van der Waals surface area contributed by atoms with Crippen LogP contribution in [0.15, 0.2) is 23.4 Å². The number of piperazine rings is 1. The molecule has 6 nitrogen and oxygen atoms in total. The summed E-state index contributed by atoms with van der Waals surface area (Å²) in [5.74, 6) is 0. The first-order chi connectivity index (χ1) is 8.00. The topological polar surface area (TPSA) is 79.5 Å². The van der Waals surface area contributed by atoms with Gasteiger partial charge in [0.2, 0.25) is 10.0 Å². The first-order valence-electron chi connectivity index (χ1n) is 5.39. The minimum absolute atomic E-state index is 0.169. The Kier molecular flexibility index (Phi) is 3.32. The molecular weight excluding hydrogens is 240 g/mol. The van der Waals surface area contributed by atoms with Crippen molar-refractivity contribution in [3.63, 3.8) is 0 Å². The van der Waals surface area contributed by atoms with Crippen LogP contribution in [-0.2, 0) is 10.0 Å². The summed E-state index contributed by atoms with van der Waals surface area (Å²) in [6.07, 6.45) is 2.77. The molecule has 1 aromatic rings. The first-order valence-corrected chi connectivity index (χ1v) is 6.83. The third-order valence-corrected chi connectivity index (χ3v) is 4.70. The van der Waals surface area contributed by atoms with E-state index in [-0.39, 0.29) is 4.90 Å². The molecule has 0 bridgehead atoms. The molecule has 0 spiro atoms. The Morgan fingerprint density at radius 1 is 1.24 bits per heavy atom. The summed E-state index contributed by atoms with van der Waals surface area (Å²) in [5.41, 5.74) is 5.91. The molecule has 1 aliphatic rings. The molecule has 0 atom stereocenters. The van der Waals surface area contributed by atoms with Gasteiger partial charge in [-0.1, -0.05) is 0 Å². The Morgan fingerprint density at radius 2 is 1.88 bits per heavy atom. The van der Waals surface area contributed by atoms with Gasteiger partial charge in [0, 0.05) is 38.6 Å². The number of nitrogen functional groups attached to an aromatic ring is 1. The van der Waals surface area contributed by atoms with Crippen LogP contribution in [0.3, 0.4) is 0 Å². The van der Waals surface area contributed by atoms with Gasteiger partial charge in [0.15, 0.2) is 0 Å². The van der Waals surface area contributed by atoms with Crippen LogP contribution in [-0.4, -0.2) is 55.8 Å². The van der Waals surface area contributed by atoms with Crippen LogP contribution in [0.5, 0.6) is 0 Å². The maximum atomic E-state index is 12.3. The number of nitrogens with two attached hydrogens (primary N) is 1. The predicted molar refractivity (Wildman–Crippen MR) is 64.9 cm³/mol. The lowest BCUT2D eigenvalue weighted by atomic mass is 10.4. The number of nitrogens with zero attached hydrogens (tertiary/aromatic N) is 3. The van der Waals surface area contributed by atoms with E-state index < -0.39 is 10.0 Å². The van der Waals surface area contributed by atoms with Gasteiger partial charge in [0.25, 0.3) is 0 Å². The summed E-state index contributed by atoms with van der Waals surface area (Å²) in [6.45, 7) is 2.51. The average Bonchev–Trinajstić information content (AvgIpc) is 2.29. The van der Waals surface area contributed by atoms with Gasteiger partial charge in [-0.25, -0.2) is 8.42 Å². The summed E-state index contributed by atoms with van der Waals surface area (Å²) in [5, 5.41) is 0. The van der Waals surface area contributed by atoms with Crippen LogP contribution >= 0.6 is 0 Å². The molecule has 0 amide bonds. The van der Waals surface area contributed by atoms with E-state index in [1.54, 1.807) is 0 Å². The number of aromatic nitrogens is 1. The molecule has 0 radical (unpaired) electrons. The Morgan fingerprint density at radius 3 is 2.47 bits per heavy atom. The molecule has 1 aliphatic heterocycles. The Bertz CT molecular complexity index is 495. The van der Waals surface area contributed by atoms with Gasteiger partial charge in [-0.05, 0) is 13.1 Å². The van der Waals surface area contributed by atoms with E-state index in [0.29, 0.717) is 18.8 Å². The second kappa shape index (κ2) is 4.59. The molecular formula is C10H16N4O2S. The standard InChI is InChI=1S/C10H16N4O2S/c1-13-2-4-14(5-3-13)17(15,16)10-6-9(11)7-12-8-10/h6-8H,2-5,11H2,1H3. The van der Waals surface area contributed by atoms with Gasteiger partial charge < -0.3 is 10.6 Å². The van der Waals surface area contributed by atoms with E-state index in [9.17, 15) is 8.42 Å². The fourth-order valence-electron chi connectivity index (χ4n) is 1.75.